The van der Waals surface area contributed by atoms with Crippen LogP contribution >= 0.6 is 11.6 Å². The van der Waals surface area contributed by atoms with Gasteiger partial charge in [-0.05, 0) is 43.5 Å². The molecule has 0 fully saturated rings. The van der Waals surface area contributed by atoms with Crippen molar-refractivity contribution in [3.05, 3.63) is 64.7 Å². The van der Waals surface area contributed by atoms with E-state index in [1.165, 1.54) is 17.7 Å². The quantitative estimate of drug-likeness (QED) is 0.529. The van der Waals surface area contributed by atoms with Crippen LogP contribution in [-0.4, -0.2) is 60.4 Å². The molecule has 0 amide bonds. The number of carboxylic acid groups (broad SMARTS) is 2. The molecule has 1 unspecified atom stereocenters. The number of carboxylic acids is 2. The molecular weight excluding hydrogens is 406 g/mol. The summed E-state index contributed by atoms with van der Waals surface area (Å²) in [6.07, 6.45) is 2.23. The van der Waals surface area contributed by atoms with E-state index < -0.39 is 11.9 Å². The predicted molar refractivity (Wildman–Crippen MR) is 116 cm³/mol. The van der Waals surface area contributed by atoms with E-state index in [-0.39, 0.29) is 5.41 Å². The predicted octanol–water partition coefficient (Wildman–Crippen LogP) is 4.05. The van der Waals surface area contributed by atoms with E-state index in [2.05, 4.69) is 57.4 Å². The van der Waals surface area contributed by atoms with E-state index in [0.717, 1.165) is 34.6 Å². The van der Waals surface area contributed by atoms with E-state index in [1.807, 2.05) is 12.1 Å². The van der Waals surface area contributed by atoms with Crippen LogP contribution in [0.3, 0.4) is 0 Å². The van der Waals surface area contributed by atoms with Crippen molar-refractivity contribution >= 4 is 23.5 Å². The fraction of sp³-hybridized carbons (Fsp3) is 0.391. The molecule has 0 saturated heterocycles. The Hall–Kier alpha value is -2.57. The summed E-state index contributed by atoms with van der Waals surface area (Å²) >= 11 is 6.31. The Kier molecular flexibility index (Phi) is 7.87. The average Bonchev–Trinajstić information content (AvgIpc) is 3.08. The Morgan fingerprint density at radius 2 is 1.73 bits per heavy atom. The summed E-state index contributed by atoms with van der Waals surface area (Å²) in [6.45, 7) is 5.27. The zero-order valence-corrected chi connectivity index (χ0v) is 18.4. The van der Waals surface area contributed by atoms with E-state index in [4.69, 9.17) is 36.1 Å². The maximum atomic E-state index is 9.10. The van der Waals surface area contributed by atoms with Gasteiger partial charge in [0.05, 0.1) is 32.6 Å². The van der Waals surface area contributed by atoms with Gasteiger partial charge in [-0.25, -0.2) is 9.59 Å². The standard InChI is InChI=1S/C21H27ClNO.C2H2O4/c1-4-23(2,3)14-8-13-21(17-9-6-5-7-10-17)16-24-20-12-11-18(22)15-19(20)21;3-1(4)2(5)6/h5-7,9-12,15H,4,8,13-14,16H2,1-3H3;(H,3,4)(H,5,6)/q+1;. The Morgan fingerprint density at radius 1 is 1.10 bits per heavy atom. The molecule has 0 radical (unpaired) electrons. The molecule has 30 heavy (non-hydrogen) atoms. The van der Waals surface area contributed by atoms with Crippen molar-refractivity contribution in [2.75, 3.05) is 33.8 Å². The van der Waals surface area contributed by atoms with Crippen molar-refractivity contribution in [2.45, 2.75) is 25.2 Å². The van der Waals surface area contributed by atoms with Crippen molar-refractivity contribution in [3.8, 4) is 5.75 Å². The molecule has 3 rings (SSSR count). The second-order valence-electron chi connectivity index (χ2n) is 8.07. The van der Waals surface area contributed by atoms with Crippen LogP contribution < -0.4 is 4.74 Å². The number of aliphatic carboxylic acids is 2. The lowest BCUT2D eigenvalue weighted by Crippen LogP contribution is -2.41. The van der Waals surface area contributed by atoms with Crippen molar-refractivity contribution < 1.29 is 29.0 Å². The van der Waals surface area contributed by atoms with Crippen LogP contribution in [0, 0.1) is 0 Å². The molecule has 0 bridgehead atoms. The molecule has 0 aromatic heterocycles. The first-order valence-electron chi connectivity index (χ1n) is 9.88. The van der Waals surface area contributed by atoms with Crippen LogP contribution in [0.4, 0.5) is 0 Å². The van der Waals surface area contributed by atoms with Crippen molar-refractivity contribution in [3.63, 3.8) is 0 Å². The molecule has 6 nitrogen and oxygen atoms in total. The maximum Gasteiger partial charge on any atom is 0.414 e. The summed E-state index contributed by atoms with van der Waals surface area (Å²) in [6, 6.07) is 16.8. The van der Waals surface area contributed by atoms with Gasteiger partial charge in [0.1, 0.15) is 12.4 Å². The number of halogens is 1. The maximum absolute atomic E-state index is 9.10. The van der Waals surface area contributed by atoms with Crippen LogP contribution in [0.5, 0.6) is 5.75 Å². The fourth-order valence-corrected chi connectivity index (χ4v) is 3.77. The van der Waals surface area contributed by atoms with E-state index in [0.29, 0.717) is 6.61 Å². The third-order valence-corrected chi connectivity index (χ3v) is 5.90. The summed E-state index contributed by atoms with van der Waals surface area (Å²) in [5.41, 5.74) is 2.48. The molecule has 0 saturated carbocycles. The summed E-state index contributed by atoms with van der Waals surface area (Å²) in [7, 11) is 4.59. The first-order valence-corrected chi connectivity index (χ1v) is 10.3. The molecule has 1 aliphatic heterocycles. The Balaban J connectivity index is 0.000000469. The Morgan fingerprint density at radius 3 is 2.30 bits per heavy atom. The van der Waals surface area contributed by atoms with E-state index in [1.54, 1.807) is 0 Å². The van der Waals surface area contributed by atoms with E-state index >= 15 is 0 Å². The van der Waals surface area contributed by atoms with Gasteiger partial charge in [-0.2, -0.15) is 0 Å². The lowest BCUT2D eigenvalue weighted by atomic mass is 9.73. The number of benzene rings is 2. The number of ether oxygens (including phenoxy) is 1. The minimum Gasteiger partial charge on any atom is -0.492 e. The highest BCUT2D eigenvalue weighted by Gasteiger charge is 2.42. The van der Waals surface area contributed by atoms with Gasteiger partial charge >= 0.3 is 11.9 Å². The number of rotatable bonds is 6. The molecule has 7 heteroatoms. The summed E-state index contributed by atoms with van der Waals surface area (Å²) in [4.78, 5) is 18.2. The lowest BCUT2D eigenvalue weighted by Gasteiger charge is -2.32. The van der Waals surface area contributed by atoms with Gasteiger partial charge in [0.2, 0.25) is 0 Å². The number of carbonyl (C=O) groups is 2. The highest BCUT2D eigenvalue weighted by atomic mass is 35.5. The number of quaternary nitrogens is 1. The third kappa shape index (κ3) is 5.74. The fourth-order valence-electron chi connectivity index (χ4n) is 3.59. The van der Waals surface area contributed by atoms with Crippen LogP contribution in [0.25, 0.3) is 0 Å². The molecule has 2 aromatic carbocycles. The Labute approximate surface area is 182 Å². The topological polar surface area (TPSA) is 83.8 Å². The van der Waals surface area contributed by atoms with Gasteiger partial charge in [-0.15, -0.1) is 0 Å². The van der Waals surface area contributed by atoms with Gasteiger partial charge in [0, 0.05) is 10.6 Å². The van der Waals surface area contributed by atoms with Gasteiger partial charge in [-0.1, -0.05) is 41.9 Å². The summed E-state index contributed by atoms with van der Waals surface area (Å²) in [5, 5.41) is 15.6. The number of hydrogen-bond acceptors (Lipinski definition) is 3. The SMILES string of the molecule is CC[N+](C)(C)CCCC1(c2ccccc2)COc2ccc(Cl)cc21.O=C(O)C(=O)O. The minimum atomic E-state index is -1.82. The Bertz CT molecular complexity index is 872. The molecule has 2 aromatic rings. The summed E-state index contributed by atoms with van der Waals surface area (Å²) < 4.78 is 7.12. The van der Waals surface area contributed by atoms with E-state index in [9.17, 15) is 0 Å². The van der Waals surface area contributed by atoms with Gasteiger partial charge in [0.15, 0.2) is 0 Å². The highest BCUT2D eigenvalue weighted by molar-refractivity contribution is 6.30. The average molecular weight is 435 g/mol. The molecular formula is C23H29ClNO5+. The molecule has 1 aliphatic rings. The van der Waals surface area contributed by atoms with Crippen molar-refractivity contribution in [2.24, 2.45) is 0 Å². The first-order chi connectivity index (χ1) is 14.1. The van der Waals surface area contributed by atoms with Crippen LogP contribution in [-0.2, 0) is 15.0 Å². The molecule has 162 valence electrons. The zero-order valence-electron chi connectivity index (χ0n) is 17.6. The smallest absolute Gasteiger partial charge is 0.414 e. The highest BCUT2D eigenvalue weighted by Crippen LogP contribution is 2.47. The van der Waals surface area contributed by atoms with Crippen molar-refractivity contribution in [1.29, 1.82) is 0 Å². The lowest BCUT2D eigenvalue weighted by molar-refractivity contribution is -0.888. The molecule has 0 spiro atoms. The number of nitrogens with zero attached hydrogens (tertiary/aromatic N) is 1. The molecule has 1 atom stereocenters. The largest absolute Gasteiger partial charge is 0.492 e. The van der Waals surface area contributed by atoms with Crippen LogP contribution in [0.1, 0.15) is 30.9 Å². The number of hydrogen-bond donors (Lipinski definition) is 2. The van der Waals surface area contributed by atoms with Crippen LogP contribution in [0.2, 0.25) is 5.02 Å². The molecule has 0 aliphatic carbocycles. The molecule has 2 N–H and O–H groups in total. The second kappa shape index (κ2) is 9.96. The zero-order chi connectivity index (χ0) is 22.4. The van der Waals surface area contributed by atoms with Gasteiger partial charge in [-0.3, -0.25) is 0 Å². The second-order valence-corrected chi connectivity index (χ2v) is 8.50. The van der Waals surface area contributed by atoms with Gasteiger partial charge in [0.25, 0.3) is 0 Å². The third-order valence-electron chi connectivity index (χ3n) is 5.66. The first kappa shape index (κ1) is 23.7. The van der Waals surface area contributed by atoms with Crippen molar-refractivity contribution in [1.82, 2.24) is 0 Å². The van der Waals surface area contributed by atoms with Gasteiger partial charge < -0.3 is 19.4 Å². The van der Waals surface area contributed by atoms with Crippen LogP contribution in [0.15, 0.2) is 48.5 Å². The number of fused-ring (bicyclic) bond motifs is 1. The monoisotopic (exact) mass is 434 g/mol. The normalized spacial score (nSPS) is 17.3. The summed E-state index contributed by atoms with van der Waals surface area (Å²) in [5.74, 6) is -2.67. The minimum absolute atomic E-state index is 0.0881. The molecule has 1 heterocycles.